The summed E-state index contributed by atoms with van der Waals surface area (Å²) >= 11 is 0. The fourth-order valence-corrected chi connectivity index (χ4v) is 2.52. The van der Waals surface area contributed by atoms with E-state index in [-0.39, 0.29) is 18.4 Å². The molecule has 0 bridgehead atoms. The molecule has 3 nitrogen and oxygen atoms in total. The van der Waals surface area contributed by atoms with Crippen LogP contribution in [-0.4, -0.2) is 23.2 Å². The standard InChI is InChI=1S/C14H27NO2/c1-10(2)11-5-7-12(8-6-11)13(17)15-14(3,4)9-16/h10-12,16H,5-9H2,1-4H3,(H,15,17). The van der Waals surface area contributed by atoms with Crippen LogP contribution in [0, 0.1) is 17.8 Å². The van der Waals surface area contributed by atoms with Crippen LogP contribution in [0.1, 0.15) is 53.4 Å². The highest BCUT2D eigenvalue weighted by Gasteiger charge is 2.30. The normalized spacial score (nSPS) is 26.0. The van der Waals surface area contributed by atoms with Crippen molar-refractivity contribution in [1.82, 2.24) is 5.32 Å². The van der Waals surface area contributed by atoms with Crippen LogP contribution in [0.15, 0.2) is 0 Å². The molecule has 0 aromatic rings. The highest BCUT2D eigenvalue weighted by molar-refractivity contribution is 5.79. The Balaban J connectivity index is 2.41. The second-order valence-electron chi connectivity index (χ2n) is 6.39. The first-order chi connectivity index (χ1) is 7.85. The van der Waals surface area contributed by atoms with E-state index < -0.39 is 5.54 Å². The zero-order valence-electron chi connectivity index (χ0n) is 11.6. The van der Waals surface area contributed by atoms with Gasteiger partial charge >= 0.3 is 0 Å². The van der Waals surface area contributed by atoms with Gasteiger partial charge in [0.15, 0.2) is 0 Å². The quantitative estimate of drug-likeness (QED) is 0.793. The minimum Gasteiger partial charge on any atom is -0.394 e. The average molecular weight is 241 g/mol. The highest BCUT2D eigenvalue weighted by atomic mass is 16.3. The first-order valence-corrected chi connectivity index (χ1v) is 6.78. The van der Waals surface area contributed by atoms with Crippen LogP contribution in [0.5, 0.6) is 0 Å². The molecule has 3 heteroatoms. The van der Waals surface area contributed by atoms with E-state index in [1.54, 1.807) is 0 Å². The molecule has 1 fully saturated rings. The molecule has 1 rings (SSSR count). The fourth-order valence-electron chi connectivity index (χ4n) is 2.52. The molecule has 2 N–H and O–H groups in total. The van der Waals surface area contributed by atoms with Gasteiger partial charge in [-0.15, -0.1) is 0 Å². The summed E-state index contributed by atoms with van der Waals surface area (Å²) in [5.74, 6) is 1.78. The maximum atomic E-state index is 12.0. The largest absolute Gasteiger partial charge is 0.394 e. The van der Waals surface area contributed by atoms with E-state index in [2.05, 4.69) is 19.2 Å². The third-order valence-corrected chi connectivity index (χ3v) is 3.94. The predicted molar refractivity (Wildman–Crippen MR) is 69.6 cm³/mol. The van der Waals surface area contributed by atoms with Crippen molar-refractivity contribution in [1.29, 1.82) is 0 Å². The van der Waals surface area contributed by atoms with Crippen molar-refractivity contribution in [2.75, 3.05) is 6.61 Å². The molecule has 0 unspecified atom stereocenters. The van der Waals surface area contributed by atoms with Crippen molar-refractivity contribution in [3.63, 3.8) is 0 Å². The Hall–Kier alpha value is -0.570. The molecule has 0 atom stereocenters. The molecule has 0 radical (unpaired) electrons. The van der Waals surface area contributed by atoms with Gasteiger partial charge in [0.2, 0.25) is 5.91 Å². The predicted octanol–water partition coefficient (Wildman–Crippen LogP) is 2.34. The smallest absolute Gasteiger partial charge is 0.223 e. The van der Waals surface area contributed by atoms with E-state index in [0.29, 0.717) is 0 Å². The maximum absolute atomic E-state index is 12.0. The van der Waals surface area contributed by atoms with Gasteiger partial charge in [0, 0.05) is 5.92 Å². The summed E-state index contributed by atoms with van der Waals surface area (Å²) in [4.78, 5) is 12.0. The lowest BCUT2D eigenvalue weighted by Gasteiger charge is -2.32. The van der Waals surface area contributed by atoms with Crippen LogP contribution in [0.2, 0.25) is 0 Å². The van der Waals surface area contributed by atoms with Crippen LogP contribution in [-0.2, 0) is 4.79 Å². The summed E-state index contributed by atoms with van der Waals surface area (Å²) in [5, 5.41) is 12.1. The number of rotatable bonds is 4. The van der Waals surface area contributed by atoms with Gasteiger partial charge < -0.3 is 10.4 Å². The van der Waals surface area contributed by atoms with Crippen LogP contribution < -0.4 is 5.32 Å². The number of carbonyl (C=O) groups is 1. The Bertz CT molecular complexity index is 253. The molecule has 17 heavy (non-hydrogen) atoms. The second kappa shape index (κ2) is 5.85. The summed E-state index contributed by atoms with van der Waals surface area (Å²) in [6.45, 7) is 8.22. The van der Waals surface area contributed by atoms with Crippen molar-refractivity contribution in [3.8, 4) is 0 Å². The summed E-state index contributed by atoms with van der Waals surface area (Å²) < 4.78 is 0. The molecule has 0 saturated heterocycles. The number of aliphatic hydroxyl groups is 1. The SMILES string of the molecule is CC(C)C1CCC(C(=O)NC(C)(C)CO)CC1. The number of nitrogens with one attached hydrogen (secondary N) is 1. The van der Waals surface area contributed by atoms with Gasteiger partial charge in [-0.1, -0.05) is 13.8 Å². The highest BCUT2D eigenvalue weighted by Crippen LogP contribution is 2.33. The van der Waals surface area contributed by atoms with E-state index >= 15 is 0 Å². The molecule has 100 valence electrons. The topological polar surface area (TPSA) is 49.3 Å². The Kier molecular flexibility index (Phi) is 4.99. The van der Waals surface area contributed by atoms with E-state index in [4.69, 9.17) is 5.11 Å². The van der Waals surface area contributed by atoms with Gasteiger partial charge in [-0.2, -0.15) is 0 Å². The third kappa shape index (κ3) is 4.30. The Morgan fingerprint density at radius 2 is 1.82 bits per heavy atom. The molecule has 0 aromatic carbocycles. The molecule has 0 aromatic heterocycles. The number of hydrogen-bond donors (Lipinski definition) is 2. The van der Waals surface area contributed by atoms with Crippen LogP contribution >= 0.6 is 0 Å². The molecule has 1 saturated carbocycles. The Labute approximate surface area is 105 Å². The Morgan fingerprint density at radius 1 is 1.29 bits per heavy atom. The summed E-state index contributed by atoms with van der Waals surface area (Å²) in [6, 6.07) is 0. The molecule has 0 spiro atoms. The van der Waals surface area contributed by atoms with Crippen LogP contribution in [0.3, 0.4) is 0 Å². The molecule has 1 amide bonds. The zero-order chi connectivity index (χ0) is 13.1. The lowest BCUT2D eigenvalue weighted by molar-refractivity contribution is -0.128. The van der Waals surface area contributed by atoms with Gasteiger partial charge in [-0.05, 0) is 51.4 Å². The lowest BCUT2D eigenvalue weighted by Crippen LogP contribution is -2.49. The van der Waals surface area contributed by atoms with Crippen molar-refractivity contribution >= 4 is 5.91 Å². The summed E-state index contributed by atoms with van der Waals surface area (Å²) in [7, 11) is 0. The zero-order valence-corrected chi connectivity index (χ0v) is 11.6. The minimum absolute atomic E-state index is 0.0138. The lowest BCUT2D eigenvalue weighted by atomic mass is 9.76. The molecule has 1 aliphatic rings. The van der Waals surface area contributed by atoms with E-state index in [9.17, 15) is 4.79 Å². The molecular formula is C14H27NO2. The van der Waals surface area contributed by atoms with Crippen molar-refractivity contribution < 1.29 is 9.90 Å². The average Bonchev–Trinajstić information content (AvgIpc) is 2.28. The Morgan fingerprint density at radius 3 is 2.24 bits per heavy atom. The summed E-state index contributed by atoms with van der Waals surface area (Å²) in [5.41, 5.74) is -0.494. The first-order valence-electron chi connectivity index (χ1n) is 6.78. The maximum Gasteiger partial charge on any atom is 0.223 e. The fraction of sp³-hybridized carbons (Fsp3) is 0.929. The number of carbonyl (C=O) groups excluding carboxylic acids is 1. The second-order valence-corrected chi connectivity index (χ2v) is 6.39. The van der Waals surface area contributed by atoms with Crippen LogP contribution in [0.4, 0.5) is 0 Å². The minimum atomic E-state index is -0.494. The van der Waals surface area contributed by atoms with Gasteiger partial charge in [-0.25, -0.2) is 0 Å². The number of amides is 1. The first kappa shape index (κ1) is 14.5. The molecule has 1 aliphatic carbocycles. The van der Waals surface area contributed by atoms with Crippen molar-refractivity contribution in [3.05, 3.63) is 0 Å². The van der Waals surface area contributed by atoms with Gasteiger partial charge in [0.25, 0.3) is 0 Å². The van der Waals surface area contributed by atoms with E-state index in [1.807, 2.05) is 13.8 Å². The van der Waals surface area contributed by atoms with Gasteiger partial charge in [0.05, 0.1) is 12.1 Å². The van der Waals surface area contributed by atoms with Crippen molar-refractivity contribution in [2.24, 2.45) is 17.8 Å². The molecule has 0 heterocycles. The van der Waals surface area contributed by atoms with E-state index in [1.165, 1.54) is 0 Å². The van der Waals surface area contributed by atoms with Gasteiger partial charge in [-0.3, -0.25) is 4.79 Å². The monoisotopic (exact) mass is 241 g/mol. The molecule has 0 aliphatic heterocycles. The van der Waals surface area contributed by atoms with E-state index in [0.717, 1.165) is 37.5 Å². The molecular weight excluding hydrogens is 214 g/mol. The van der Waals surface area contributed by atoms with Gasteiger partial charge in [0.1, 0.15) is 0 Å². The van der Waals surface area contributed by atoms with Crippen molar-refractivity contribution in [2.45, 2.75) is 58.9 Å². The summed E-state index contributed by atoms with van der Waals surface area (Å²) in [6.07, 6.45) is 4.32. The number of hydrogen-bond acceptors (Lipinski definition) is 2. The number of aliphatic hydroxyl groups excluding tert-OH is 1. The third-order valence-electron chi connectivity index (χ3n) is 3.94. The van der Waals surface area contributed by atoms with Crippen LogP contribution in [0.25, 0.3) is 0 Å².